The molecule has 13 heteroatoms. The molecule has 2 aromatic carbocycles. The van der Waals surface area contributed by atoms with Crippen molar-refractivity contribution in [3.63, 3.8) is 0 Å². The molecular weight excluding hydrogens is 689 g/mol. The summed E-state index contributed by atoms with van der Waals surface area (Å²) in [7, 11) is 1.64. The first kappa shape index (κ1) is 34.4. The van der Waals surface area contributed by atoms with E-state index in [1.54, 1.807) is 29.9 Å². The third kappa shape index (κ3) is 7.35. The van der Waals surface area contributed by atoms with E-state index >= 15 is 0 Å². The molecule has 0 spiro atoms. The van der Waals surface area contributed by atoms with Gasteiger partial charge in [-0.15, -0.1) is 11.8 Å². The zero-order chi connectivity index (χ0) is 36.1. The van der Waals surface area contributed by atoms with Crippen molar-refractivity contribution in [3.8, 4) is 23.0 Å². The van der Waals surface area contributed by atoms with E-state index in [-0.39, 0.29) is 17.2 Å². The van der Waals surface area contributed by atoms with Crippen molar-refractivity contribution < 1.29 is 27.7 Å². The molecule has 1 N–H and O–H groups in total. The first-order valence-electron chi connectivity index (χ1n) is 17.8. The number of hydrogen-bond acceptors (Lipinski definition) is 9. The number of imidazole rings is 1. The number of amides is 1. The number of fused-ring (bicyclic) bond motifs is 1. The van der Waals surface area contributed by atoms with Gasteiger partial charge in [0.2, 0.25) is 23.6 Å². The largest absolute Gasteiger partial charge is 0.459 e. The summed E-state index contributed by atoms with van der Waals surface area (Å²) >= 11 is 1.74. The third-order valence-electron chi connectivity index (χ3n) is 9.55. The van der Waals surface area contributed by atoms with E-state index in [1.807, 2.05) is 100 Å². The van der Waals surface area contributed by atoms with E-state index in [0.717, 1.165) is 36.4 Å². The van der Waals surface area contributed by atoms with Crippen LogP contribution in [-0.2, 0) is 16.9 Å². The highest BCUT2D eigenvalue weighted by Gasteiger charge is 2.36. The third-order valence-corrected chi connectivity index (χ3v) is 10.8. The lowest BCUT2D eigenvalue weighted by Gasteiger charge is -2.34. The maximum Gasteiger partial charge on any atom is 0.459 e. The predicted molar refractivity (Wildman–Crippen MR) is 197 cm³/mol. The van der Waals surface area contributed by atoms with E-state index in [9.17, 15) is 4.79 Å². The molecule has 0 saturated heterocycles. The van der Waals surface area contributed by atoms with Crippen LogP contribution in [0, 0.1) is 5.92 Å². The van der Waals surface area contributed by atoms with E-state index in [2.05, 4.69) is 34.5 Å². The number of methoxy groups -OCH3 is 1. The molecule has 0 bridgehead atoms. The van der Waals surface area contributed by atoms with Crippen LogP contribution in [0.3, 0.4) is 0 Å². The fourth-order valence-electron chi connectivity index (χ4n) is 6.48. The molecule has 1 amide bonds. The summed E-state index contributed by atoms with van der Waals surface area (Å²) in [6.45, 7) is 2.50. The van der Waals surface area contributed by atoms with Gasteiger partial charge >= 0.3 is 11.5 Å². The second-order valence-corrected chi connectivity index (χ2v) is 14.4. The number of carbonyl (C=O) groups excluding carboxylic acids is 1. The Morgan fingerprint density at radius 2 is 1.91 bits per heavy atom. The highest BCUT2D eigenvalue weighted by Crippen LogP contribution is 2.37. The van der Waals surface area contributed by atoms with Crippen molar-refractivity contribution in [1.29, 1.82) is 0 Å². The van der Waals surface area contributed by atoms with Gasteiger partial charge in [-0.25, -0.2) is 0 Å². The number of rotatable bonds is 14. The van der Waals surface area contributed by atoms with Crippen LogP contribution in [-0.4, -0.2) is 44.5 Å². The van der Waals surface area contributed by atoms with Crippen molar-refractivity contribution in [2.75, 3.05) is 13.7 Å². The highest BCUT2D eigenvalue weighted by atomic mass is 32.2. The molecule has 7 aromatic rings. The van der Waals surface area contributed by atoms with Gasteiger partial charge in [0.05, 0.1) is 46.9 Å². The van der Waals surface area contributed by atoms with Crippen LogP contribution >= 0.6 is 11.8 Å². The number of hydrogen-bond donors (Lipinski definition) is 1. The van der Waals surface area contributed by atoms with Crippen molar-refractivity contribution in [1.82, 2.24) is 30.2 Å². The van der Waals surface area contributed by atoms with Gasteiger partial charge in [-0.3, -0.25) is 9.78 Å². The average Bonchev–Trinajstić information content (AvgIpc) is 3.94. The standard InChI is InChI=1S/C40H39N8O4S/c1-27(53-26-28-12-4-3-5-13-28)39-43-37(45-52-39)33-25-47(35-19-7-9-22-46(33)35)48-40(51-34(44-48)20-23-50-2)31-17-11-16-30(24-31)38(49)42-36(29-14-10-15-29)32-18-6-8-21-41-32/h3-9,11-13,16-19,21-22,24-25,27,29,36H,10,14-15,20,23,26H2,1-2H3/q+1/p+1/t27-,36-/m1/s1. The van der Waals surface area contributed by atoms with Crippen LogP contribution < -0.4 is 14.5 Å². The van der Waals surface area contributed by atoms with E-state index in [1.165, 1.54) is 5.56 Å². The molecule has 2 atom stereocenters. The Morgan fingerprint density at radius 3 is 2.70 bits per heavy atom. The zero-order valence-electron chi connectivity index (χ0n) is 29.5. The minimum atomic E-state index is -0.173. The van der Waals surface area contributed by atoms with Gasteiger partial charge in [0.25, 0.3) is 11.8 Å². The first-order chi connectivity index (χ1) is 26.1. The van der Waals surface area contributed by atoms with Crippen molar-refractivity contribution in [3.05, 3.63) is 138 Å². The number of carbonyl (C=O) groups is 1. The van der Waals surface area contributed by atoms with Crippen LogP contribution in [0.15, 0.2) is 119 Å². The monoisotopic (exact) mass is 728 g/mol. The SMILES string of the molecule is COCCc1n[n+](-n2cc(-c3noc([C@@H](C)SCc4ccccc4)n3)[n+]3ccccc23)c(-c2cccc(C(=O)N[C@@H](c3ccccn3)C3CCC3)c2)o1. The molecule has 1 aliphatic rings. The summed E-state index contributed by atoms with van der Waals surface area (Å²) in [5.74, 6) is 2.94. The normalized spacial score (nSPS) is 14.2. The number of thioether (sulfide) groups is 1. The molecule has 12 nitrogen and oxygen atoms in total. The van der Waals surface area contributed by atoms with Crippen LogP contribution in [0.4, 0.5) is 0 Å². The van der Waals surface area contributed by atoms with Crippen LogP contribution in [0.25, 0.3) is 28.6 Å². The summed E-state index contributed by atoms with van der Waals surface area (Å²) < 4.78 is 21.4. The molecule has 53 heavy (non-hydrogen) atoms. The number of nitrogens with zero attached hydrogens (tertiary/aromatic N) is 7. The Bertz CT molecular complexity index is 2320. The van der Waals surface area contributed by atoms with Crippen LogP contribution in [0.1, 0.15) is 70.9 Å². The number of aromatic nitrogens is 7. The fourth-order valence-corrected chi connectivity index (χ4v) is 7.35. The summed E-state index contributed by atoms with van der Waals surface area (Å²) in [5, 5.41) is 12.5. The smallest absolute Gasteiger partial charge is 0.384 e. The molecule has 1 aliphatic carbocycles. The van der Waals surface area contributed by atoms with Crippen molar-refractivity contribution >= 4 is 23.3 Å². The van der Waals surface area contributed by atoms with E-state index in [0.29, 0.717) is 59.3 Å². The Labute approximate surface area is 310 Å². The number of benzene rings is 2. The molecule has 0 aliphatic heterocycles. The van der Waals surface area contributed by atoms with Gasteiger partial charge in [0.1, 0.15) is 0 Å². The average molecular weight is 729 g/mol. The lowest BCUT2D eigenvalue weighted by molar-refractivity contribution is -0.773. The van der Waals surface area contributed by atoms with Gasteiger partial charge in [-0.05, 0) is 67.6 Å². The van der Waals surface area contributed by atoms with Crippen LogP contribution in [0.2, 0.25) is 0 Å². The molecular formula is C40H40N8O4S+2. The number of pyridine rings is 2. The van der Waals surface area contributed by atoms with Gasteiger partial charge in [-0.2, -0.15) is 9.38 Å². The minimum absolute atomic E-state index is 0.00732. The molecule has 0 unspecified atom stereocenters. The molecule has 5 aromatic heterocycles. The molecule has 1 fully saturated rings. The maximum atomic E-state index is 13.8. The molecule has 1 saturated carbocycles. The second-order valence-electron chi connectivity index (χ2n) is 13.1. The van der Waals surface area contributed by atoms with Crippen LogP contribution in [0.5, 0.6) is 0 Å². The first-order valence-corrected chi connectivity index (χ1v) is 18.9. The Balaban J connectivity index is 1.12. The Hall–Kier alpha value is -5.66. The maximum absolute atomic E-state index is 13.8. The van der Waals surface area contributed by atoms with E-state index in [4.69, 9.17) is 23.8 Å². The lowest BCUT2D eigenvalue weighted by atomic mass is 9.78. The minimum Gasteiger partial charge on any atom is -0.384 e. The van der Waals surface area contributed by atoms with Crippen molar-refractivity contribution in [2.24, 2.45) is 5.92 Å². The summed E-state index contributed by atoms with van der Waals surface area (Å²) in [5.41, 5.74) is 4.80. The quantitative estimate of drug-likeness (QED) is 0.127. The molecule has 0 radical (unpaired) electrons. The highest BCUT2D eigenvalue weighted by molar-refractivity contribution is 7.98. The Morgan fingerprint density at radius 1 is 1.06 bits per heavy atom. The molecule has 8 rings (SSSR count). The second kappa shape index (κ2) is 15.5. The van der Waals surface area contributed by atoms with Crippen molar-refractivity contribution in [2.45, 2.75) is 49.7 Å². The topological polar surface area (TPSA) is 129 Å². The van der Waals surface area contributed by atoms with Gasteiger partial charge in [0.15, 0.2) is 4.79 Å². The Kier molecular flexibility index (Phi) is 10.1. The van der Waals surface area contributed by atoms with Gasteiger partial charge < -0.3 is 19.0 Å². The molecule has 268 valence electrons. The van der Waals surface area contributed by atoms with Gasteiger partial charge in [-0.1, -0.05) is 60.1 Å². The fraction of sp³-hybridized carbons (Fsp3) is 0.275. The predicted octanol–water partition coefficient (Wildman–Crippen LogP) is 6.38. The summed E-state index contributed by atoms with van der Waals surface area (Å²) in [6, 6.07) is 29.3. The zero-order valence-corrected chi connectivity index (χ0v) is 30.4. The number of ether oxygens (including phenoxy) is 1. The summed E-state index contributed by atoms with van der Waals surface area (Å²) in [6.07, 6.45) is 9.36. The molecule has 5 heterocycles. The number of nitrogens with one attached hydrogen (secondary N) is 1. The summed E-state index contributed by atoms with van der Waals surface area (Å²) in [4.78, 5) is 24.9. The lowest BCUT2D eigenvalue weighted by Crippen LogP contribution is -2.46. The van der Waals surface area contributed by atoms with Gasteiger partial charge in [0, 0.05) is 35.4 Å². The van der Waals surface area contributed by atoms with E-state index < -0.39 is 0 Å².